The Balaban J connectivity index is 2.08. The number of fused-ring (bicyclic) bond motifs is 1. The molecule has 3 aromatic rings. The van der Waals surface area contributed by atoms with Crippen molar-refractivity contribution in [3.8, 4) is 0 Å². The summed E-state index contributed by atoms with van der Waals surface area (Å²) in [5.74, 6) is 0.872. The summed E-state index contributed by atoms with van der Waals surface area (Å²) in [7, 11) is 1.95. The summed E-state index contributed by atoms with van der Waals surface area (Å²) in [4.78, 5) is 0. The molecule has 21 heavy (non-hydrogen) atoms. The van der Waals surface area contributed by atoms with E-state index in [0.717, 1.165) is 34.7 Å². The minimum Gasteiger partial charge on any atom is -0.459 e. The largest absolute Gasteiger partial charge is 0.459 e. The molecule has 3 rings (SSSR count). The fraction of sp³-hybridized carbons (Fsp3) is 0.312. The topological polar surface area (TPSA) is 43.0 Å². The summed E-state index contributed by atoms with van der Waals surface area (Å²) in [6, 6.07) is 9.75. The molecule has 0 radical (unpaired) electrons. The van der Waals surface area contributed by atoms with Gasteiger partial charge < -0.3 is 9.73 Å². The molecule has 1 aromatic carbocycles. The molecule has 0 saturated heterocycles. The lowest BCUT2D eigenvalue weighted by Crippen LogP contribution is -2.23. The highest BCUT2D eigenvalue weighted by Gasteiger charge is 2.21. The Labute approximate surface area is 128 Å². The molecule has 0 aliphatic carbocycles. The molecule has 0 amide bonds. The summed E-state index contributed by atoms with van der Waals surface area (Å²) in [5.41, 5.74) is 2.92. The van der Waals surface area contributed by atoms with Crippen LogP contribution in [0, 0.1) is 6.92 Å². The van der Waals surface area contributed by atoms with Crippen LogP contribution in [-0.4, -0.2) is 16.3 Å². The van der Waals surface area contributed by atoms with Crippen LogP contribution in [0.15, 0.2) is 34.7 Å². The SMILES string of the molecule is CCNC(c1cc2cc(Cl)ccc2o1)c1cc(C)nn1C. The lowest BCUT2D eigenvalue weighted by molar-refractivity contribution is 0.459. The molecule has 0 bridgehead atoms. The van der Waals surface area contributed by atoms with Crippen molar-refractivity contribution in [1.29, 1.82) is 0 Å². The number of nitrogens with one attached hydrogen (secondary N) is 1. The van der Waals surface area contributed by atoms with Crippen molar-refractivity contribution in [3.05, 3.63) is 52.5 Å². The van der Waals surface area contributed by atoms with Crippen molar-refractivity contribution < 1.29 is 4.42 Å². The molecule has 2 aromatic heterocycles. The lowest BCUT2D eigenvalue weighted by Gasteiger charge is -2.15. The van der Waals surface area contributed by atoms with E-state index in [4.69, 9.17) is 16.0 Å². The van der Waals surface area contributed by atoms with Gasteiger partial charge in [-0.15, -0.1) is 0 Å². The number of nitrogens with zero attached hydrogens (tertiary/aromatic N) is 2. The third-order valence-electron chi connectivity index (χ3n) is 3.52. The highest BCUT2D eigenvalue weighted by Crippen LogP contribution is 2.30. The van der Waals surface area contributed by atoms with E-state index < -0.39 is 0 Å². The van der Waals surface area contributed by atoms with Gasteiger partial charge in [0.1, 0.15) is 17.4 Å². The smallest absolute Gasteiger partial charge is 0.134 e. The minimum atomic E-state index is -0.0209. The van der Waals surface area contributed by atoms with Gasteiger partial charge in [-0.1, -0.05) is 18.5 Å². The predicted molar refractivity (Wildman–Crippen MR) is 84.7 cm³/mol. The minimum absolute atomic E-state index is 0.0209. The van der Waals surface area contributed by atoms with Crippen molar-refractivity contribution in [2.75, 3.05) is 6.54 Å². The number of hydrogen-bond donors (Lipinski definition) is 1. The van der Waals surface area contributed by atoms with Crippen LogP contribution in [0.25, 0.3) is 11.0 Å². The predicted octanol–water partition coefficient (Wildman–Crippen LogP) is 3.83. The van der Waals surface area contributed by atoms with Crippen molar-refractivity contribution in [1.82, 2.24) is 15.1 Å². The molecular weight excluding hydrogens is 286 g/mol. The second-order valence-electron chi connectivity index (χ2n) is 5.16. The first-order chi connectivity index (χ1) is 10.1. The van der Waals surface area contributed by atoms with Crippen LogP contribution in [0.5, 0.6) is 0 Å². The number of rotatable bonds is 4. The van der Waals surface area contributed by atoms with Crippen molar-refractivity contribution in [2.24, 2.45) is 7.05 Å². The number of aromatic nitrogens is 2. The average molecular weight is 304 g/mol. The highest BCUT2D eigenvalue weighted by atomic mass is 35.5. The van der Waals surface area contributed by atoms with E-state index in [2.05, 4.69) is 23.4 Å². The zero-order chi connectivity index (χ0) is 15.0. The number of benzene rings is 1. The molecule has 0 spiro atoms. The summed E-state index contributed by atoms with van der Waals surface area (Å²) in [6.45, 7) is 4.91. The van der Waals surface area contributed by atoms with Crippen molar-refractivity contribution in [3.63, 3.8) is 0 Å². The highest BCUT2D eigenvalue weighted by molar-refractivity contribution is 6.31. The number of furan rings is 1. The summed E-state index contributed by atoms with van der Waals surface area (Å²) in [6.07, 6.45) is 0. The number of halogens is 1. The van der Waals surface area contributed by atoms with E-state index in [9.17, 15) is 0 Å². The van der Waals surface area contributed by atoms with Crippen LogP contribution < -0.4 is 5.32 Å². The quantitative estimate of drug-likeness (QED) is 0.796. The van der Waals surface area contributed by atoms with Gasteiger partial charge in [0.15, 0.2) is 0 Å². The monoisotopic (exact) mass is 303 g/mol. The fourth-order valence-corrected chi connectivity index (χ4v) is 2.81. The molecule has 2 heterocycles. The third kappa shape index (κ3) is 2.69. The first-order valence-corrected chi connectivity index (χ1v) is 7.39. The van der Waals surface area contributed by atoms with Crippen LogP contribution in [0.4, 0.5) is 0 Å². The molecule has 4 nitrogen and oxygen atoms in total. The molecule has 1 unspecified atom stereocenters. The molecule has 0 saturated carbocycles. The van der Waals surface area contributed by atoms with Gasteiger partial charge in [-0.25, -0.2) is 0 Å². The van der Waals surface area contributed by atoms with Crippen LogP contribution in [0.3, 0.4) is 0 Å². The lowest BCUT2D eigenvalue weighted by atomic mass is 10.1. The Morgan fingerprint density at radius 3 is 2.81 bits per heavy atom. The Morgan fingerprint density at radius 1 is 1.33 bits per heavy atom. The molecule has 1 N–H and O–H groups in total. The standard InChI is InChI=1S/C16H18ClN3O/c1-4-18-16(13-7-10(2)19-20(13)3)15-9-11-8-12(17)5-6-14(11)21-15/h5-9,16,18H,4H2,1-3H3. The van der Waals surface area contributed by atoms with Gasteiger partial charge in [0.2, 0.25) is 0 Å². The van der Waals surface area contributed by atoms with E-state index in [0.29, 0.717) is 5.02 Å². The molecule has 0 aliphatic heterocycles. The maximum Gasteiger partial charge on any atom is 0.134 e. The Morgan fingerprint density at radius 2 is 2.14 bits per heavy atom. The van der Waals surface area contributed by atoms with Gasteiger partial charge in [0, 0.05) is 17.5 Å². The molecular formula is C16H18ClN3O. The first kappa shape index (κ1) is 14.2. The van der Waals surface area contributed by atoms with E-state index in [-0.39, 0.29) is 6.04 Å². The fourth-order valence-electron chi connectivity index (χ4n) is 2.63. The number of hydrogen-bond acceptors (Lipinski definition) is 3. The molecule has 5 heteroatoms. The Bertz CT molecular complexity index is 775. The van der Waals surface area contributed by atoms with Crippen LogP contribution in [0.2, 0.25) is 5.02 Å². The summed E-state index contributed by atoms with van der Waals surface area (Å²) in [5, 5.41) is 9.61. The molecule has 0 fully saturated rings. The normalized spacial score (nSPS) is 13.0. The third-order valence-corrected chi connectivity index (χ3v) is 3.76. The Hall–Kier alpha value is -1.78. The van der Waals surface area contributed by atoms with E-state index in [1.165, 1.54) is 0 Å². The van der Waals surface area contributed by atoms with Crippen molar-refractivity contribution >= 4 is 22.6 Å². The van der Waals surface area contributed by atoms with Gasteiger partial charge in [-0.3, -0.25) is 4.68 Å². The van der Waals surface area contributed by atoms with Crippen LogP contribution in [0.1, 0.15) is 30.1 Å². The first-order valence-electron chi connectivity index (χ1n) is 7.01. The average Bonchev–Trinajstić information content (AvgIpc) is 2.98. The summed E-state index contributed by atoms with van der Waals surface area (Å²) >= 11 is 6.04. The van der Waals surface area contributed by atoms with Crippen molar-refractivity contribution in [2.45, 2.75) is 19.9 Å². The molecule has 1 atom stereocenters. The maximum absolute atomic E-state index is 6.04. The number of aryl methyl sites for hydroxylation is 2. The summed E-state index contributed by atoms with van der Waals surface area (Å²) < 4.78 is 7.89. The van der Waals surface area contributed by atoms with Crippen LogP contribution >= 0.6 is 11.6 Å². The van der Waals surface area contributed by atoms with Gasteiger partial charge in [0.05, 0.1) is 11.4 Å². The zero-order valence-corrected chi connectivity index (χ0v) is 13.1. The van der Waals surface area contributed by atoms with Crippen LogP contribution in [-0.2, 0) is 7.05 Å². The van der Waals surface area contributed by atoms with Gasteiger partial charge in [0.25, 0.3) is 0 Å². The van der Waals surface area contributed by atoms with E-state index in [1.807, 2.05) is 42.9 Å². The maximum atomic E-state index is 6.04. The van der Waals surface area contributed by atoms with Gasteiger partial charge in [-0.05, 0) is 43.8 Å². The zero-order valence-electron chi connectivity index (χ0n) is 12.4. The van der Waals surface area contributed by atoms with E-state index in [1.54, 1.807) is 0 Å². The van der Waals surface area contributed by atoms with Gasteiger partial charge >= 0.3 is 0 Å². The molecule has 110 valence electrons. The Kier molecular flexibility index (Phi) is 3.74. The second kappa shape index (κ2) is 5.54. The molecule has 0 aliphatic rings. The second-order valence-corrected chi connectivity index (χ2v) is 5.59. The van der Waals surface area contributed by atoms with E-state index >= 15 is 0 Å². The van der Waals surface area contributed by atoms with Gasteiger partial charge in [-0.2, -0.15) is 5.10 Å².